The van der Waals surface area contributed by atoms with Crippen LogP contribution < -0.4 is 10.6 Å². The predicted molar refractivity (Wildman–Crippen MR) is 89.5 cm³/mol. The number of aromatic nitrogens is 1. The van der Waals surface area contributed by atoms with E-state index in [2.05, 4.69) is 15.6 Å². The Morgan fingerprint density at radius 1 is 1.43 bits per heavy atom. The maximum Gasteiger partial charge on any atom is 0.265 e. The first-order valence-electron chi connectivity index (χ1n) is 8.35. The Hall–Kier alpha value is -1.47. The van der Waals surface area contributed by atoms with Crippen molar-refractivity contribution < 1.29 is 9.59 Å². The number of nitrogens with one attached hydrogen (secondary N) is 2. The second-order valence-corrected chi connectivity index (χ2v) is 7.28. The third-order valence-electron chi connectivity index (χ3n) is 4.69. The van der Waals surface area contributed by atoms with Gasteiger partial charge in [0.05, 0.1) is 17.2 Å². The number of rotatable bonds is 4. The van der Waals surface area contributed by atoms with Crippen LogP contribution in [-0.2, 0) is 4.79 Å². The number of hydrogen-bond donors (Lipinski definition) is 2. The molecule has 1 aromatic heterocycles. The van der Waals surface area contributed by atoms with Crippen molar-refractivity contribution in [3.63, 3.8) is 0 Å². The minimum Gasteiger partial charge on any atom is -0.354 e. The lowest BCUT2D eigenvalue weighted by Crippen LogP contribution is -2.46. The van der Waals surface area contributed by atoms with Crippen LogP contribution in [-0.4, -0.2) is 53.9 Å². The number of carbonyl (C=O) groups excluding carboxylic acids is 2. The van der Waals surface area contributed by atoms with Gasteiger partial charge < -0.3 is 15.5 Å². The molecule has 7 heteroatoms. The van der Waals surface area contributed by atoms with E-state index < -0.39 is 0 Å². The molecule has 2 atom stereocenters. The molecule has 2 aliphatic heterocycles. The highest BCUT2D eigenvalue weighted by Gasteiger charge is 2.28. The Bertz CT molecular complexity index is 568. The van der Waals surface area contributed by atoms with E-state index in [1.54, 1.807) is 5.51 Å². The van der Waals surface area contributed by atoms with Gasteiger partial charge in [-0.25, -0.2) is 4.98 Å². The molecule has 126 valence electrons. The van der Waals surface area contributed by atoms with E-state index in [1.165, 1.54) is 11.3 Å². The maximum atomic E-state index is 12.6. The molecule has 0 bridgehead atoms. The number of carbonyl (C=O) groups is 2. The zero-order chi connectivity index (χ0) is 16.2. The number of thiazole rings is 1. The summed E-state index contributed by atoms with van der Waals surface area (Å²) in [5, 5.41) is 6.26. The molecule has 3 heterocycles. The van der Waals surface area contributed by atoms with Crippen molar-refractivity contribution in [2.45, 2.75) is 38.6 Å². The Morgan fingerprint density at radius 3 is 3.00 bits per heavy atom. The predicted octanol–water partition coefficient (Wildman–Crippen LogP) is 1.17. The van der Waals surface area contributed by atoms with Crippen molar-refractivity contribution in [3.8, 4) is 0 Å². The minimum absolute atomic E-state index is 0.0313. The Kier molecular flexibility index (Phi) is 5.27. The fraction of sp³-hybridized carbons (Fsp3) is 0.688. The number of aryl methyl sites for hydroxylation is 1. The van der Waals surface area contributed by atoms with Gasteiger partial charge in [-0.15, -0.1) is 11.3 Å². The number of nitrogens with zero attached hydrogens (tertiary/aromatic N) is 2. The van der Waals surface area contributed by atoms with Crippen LogP contribution in [0.1, 0.15) is 41.0 Å². The monoisotopic (exact) mass is 336 g/mol. The van der Waals surface area contributed by atoms with Gasteiger partial charge in [-0.2, -0.15) is 0 Å². The summed E-state index contributed by atoms with van der Waals surface area (Å²) >= 11 is 1.41. The van der Waals surface area contributed by atoms with Crippen molar-refractivity contribution in [1.82, 2.24) is 20.5 Å². The van der Waals surface area contributed by atoms with E-state index in [1.807, 2.05) is 11.8 Å². The van der Waals surface area contributed by atoms with Crippen molar-refractivity contribution in [2.75, 3.05) is 26.2 Å². The van der Waals surface area contributed by atoms with E-state index in [-0.39, 0.29) is 17.9 Å². The van der Waals surface area contributed by atoms with Gasteiger partial charge in [0.25, 0.3) is 5.91 Å². The normalized spacial score (nSPS) is 24.7. The van der Waals surface area contributed by atoms with E-state index in [4.69, 9.17) is 0 Å². The Morgan fingerprint density at radius 2 is 2.30 bits per heavy atom. The van der Waals surface area contributed by atoms with Crippen molar-refractivity contribution in [2.24, 2.45) is 5.92 Å². The largest absolute Gasteiger partial charge is 0.354 e. The third kappa shape index (κ3) is 3.90. The summed E-state index contributed by atoms with van der Waals surface area (Å²) in [6.45, 7) is 4.97. The summed E-state index contributed by atoms with van der Waals surface area (Å²) in [6.07, 6.45) is 4.04. The molecule has 0 saturated carbocycles. The Balaban J connectivity index is 1.51. The van der Waals surface area contributed by atoms with Crippen molar-refractivity contribution in [3.05, 3.63) is 16.1 Å². The molecule has 0 radical (unpaired) electrons. The van der Waals surface area contributed by atoms with Crippen molar-refractivity contribution in [1.29, 1.82) is 0 Å². The van der Waals surface area contributed by atoms with Gasteiger partial charge in [-0.1, -0.05) is 0 Å². The van der Waals surface area contributed by atoms with Gasteiger partial charge in [0.15, 0.2) is 0 Å². The highest BCUT2D eigenvalue weighted by atomic mass is 32.1. The van der Waals surface area contributed by atoms with Crippen LogP contribution in [0.4, 0.5) is 0 Å². The first-order chi connectivity index (χ1) is 11.1. The molecule has 2 saturated heterocycles. The smallest absolute Gasteiger partial charge is 0.265 e. The van der Waals surface area contributed by atoms with Gasteiger partial charge in [-0.05, 0) is 45.1 Å². The quantitative estimate of drug-likeness (QED) is 0.866. The summed E-state index contributed by atoms with van der Waals surface area (Å²) in [4.78, 5) is 31.5. The molecule has 0 unspecified atom stereocenters. The van der Waals surface area contributed by atoms with Gasteiger partial charge in [0, 0.05) is 19.6 Å². The first-order valence-corrected chi connectivity index (χ1v) is 9.23. The molecule has 0 spiro atoms. The van der Waals surface area contributed by atoms with Crippen LogP contribution in [0.3, 0.4) is 0 Å². The SMILES string of the molecule is Cc1ncsc1C(=O)N1CCC[C@@H](CNC(=O)[C@@H]2CCCN2)C1. The molecule has 2 N–H and O–H groups in total. The van der Waals surface area contributed by atoms with Gasteiger partial charge in [0.2, 0.25) is 5.91 Å². The molecular weight excluding hydrogens is 312 g/mol. The molecule has 6 nitrogen and oxygen atoms in total. The van der Waals surface area contributed by atoms with Crippen molar-refractivity contribution >= 4 is 23.2 Å². The number of likely N-dealkylation sites (tertiary alicyclic amines) is 1. The van der Waals surface area contributed by atoms with Crippen LogP contribution in [0.5, 0.6) is 0 Å². The average molecular weight is 336 g/mol. The highest BCUT2D eigenvalue weighted by Crippen LogP contribution is 2.21. The average Bonchev–Trinajstić information content (AvgIpc) is 3.23. The van der Waals surface area contributed by atoms with E-state index in [0.717, 1.165) is 49.3 Å². The van der Waals surface area contributed by atoms with Gasteiger partial charge in [-0.3, -0.25) is 9.59 Å². The lowest BCUT2D eigenvalue weighted by molar-refractivity contribution is -0.123. The first kappa shape index (κ1) is 16.4. The zero-order valence-corrected chi connectivity index (χ0v) is 14.3. The fourth-order valence-corrected chi connectivity index (χ4v) is 4.11. The topological polar surface area (TPSA) is 74.3 Å². The van der Waals surface area contributed by atoms with Crippen LogP contribution >= 0.6 is 11.3 Å². The maximum absolute atomic E-state index is 12.6. The van der Waals surface area contributed by atoms with Crippen LogP contribution in [0, 0.1) is 12.8 Å². The molecule has 2 amide bonds. The third-order valence-corrected chi connectivity index (χ3v) is 5.60. The van der Waals surface area contributed by atoms with Crippen LogP contribution in [0.25, 0.3) is 0 Å². The summed E-state index contributed by atoms with van der Waals surface area (Å²) < 4.78 is 0. The van der Waals surface area contributed by atoms with Gasteiger partial charge in [0.1, 0.15) is 4.88 Å². The summed E-state index contributed by atoms with van der Waals surface area (Å²) in [5.41, 5.74) is 2.53. The lowest BCUT2D eigenvalue weighted by Gasteiger charge is -2.32. The second kappa shape index (κ2) is 7.40. The molecular formula is C16H24N4O2S. The molecule has 3 rings (SSSR count). The van der Waals surface area contributed by atoms with Gasteiger partial charge >= 0.3 is 0 Å². The fourth-order valence-electron chi connectivity index (χ4n) is 3.34. The van der Waals surface area contributed by atoms with E-state index in [0.29, 0.717) is 19.0 Å². The van der Waals surface area contributed by atoms with E-state index >= 15 is 0 Å². The molecule has 2 fully saturated rings. The molecule has 23 heavy (non-hydrogen) atoms. The molecule has 2 aliphatic rings. The summed E-state index contributed by atoms with van der Waals surface area (Å²) in [5.74, 6) is 0.522. The number of piperidine rings is 1. The number of hydrogen-bond acceptors (Lipinski definition) is 5. The van der Waals surface area contributed by atoms with E-state index in [9.17, 15) is 9.59 Å². The molecule has 0 aromatic carbocycles. The summed E-state index contributed by atoms with van der Waals surface area (Å²) in [7, 11) is 0. The zero-order valence-electron chi connectivity index (χ0n) is 13.5. The highest BCUT2D eigenvalue weighted by molar-refractivity contribution is 7.11. The molecule has 0 aliphatic carbocycles. The standard InChI is InChI=1S/C16H24N4O2S/c1-11-14(23-10-19-11)16(22)20-7-3-4-12(9-20)8-18-15(21)13-5-2-6-17-13/h10,12-13,17H,2-9H2,1H3,(H,18,21)/t12-,13-/m0/s1. The Labute approximate surface area is 140 Å². The van der Waals surface area contributed by atoms with Crippen LogP contribution in [0.2, 0.25) is 0 Å². The molecule has 1 aromatic rings. The second-order valence-electron chi connectivity index (χ2n) is 6.42. The minimum atomic E-state index is -0.0313. The lowest BCUT2D eigenvalue weighted by atomic mass is 9.97. The van der Waals surface area contributed by atoms with Crippen LogP contribution in [0.15, 0.2) is 5.51 Å². The number of amides is 2. The summed E-state index contributed by atoms with van der Waals surface area (Å²) in [6, 6.07) is -0.0313.